The summed E-state index contributed by atoms with van der Waals surface area (Å²) in [6.07, 6.45) is 9.27. The number of nitrogens with zero attached hydrogens (tertiary/aromatic N) is 1. The van der Waals surface area contributed by atoms with E-state index >= 15 is 0 Å². The Morgan fingerprint density at radius 3 is 2.47 bits per heavy atom. The molecule has 0 aromatic heterocycles. The van der Waals surface area contributed by atoms with Gasteiger partial charge in [-0.3, -0.25) is 4.90 Å². The summed E-state index contributed by atoms with van der Waals surface area (Å²) in [5.41, 5.74) is 0.471. The number of hydrogen-bond acceptors (Lipinski definition) is 2. The molecule has 0 spiro atoms. The summed E-state index contributed by atoms with van der Waals surface area (Å²) in [5, 5.41) is 3.57. The maximum Gasteiger partial charge on any atom is 0.0164 e. The summed E-state index contributed by atoms with van der Waals surface area (Å²) in [4.78, 5) is 2.46. The molecule has 2 heteroatoms. The van der Waals surface area contributed by atoms with Crippen LogP contribution >= 0.6 is 0 Å². The Labute approximate surface area is 107 Å². The van der Waals surface area contributed by atoms with E-state index in [2.05, 4.69) is 30.3 Å². The Balaban J connectivity index is 2.61. The SMILES string of the molecule is C=CCN(CC=C)CC1(CCC)CCCNC1. The first-order chi connectivity index (χ1) is 8.26. The highest BCUT2D eigenvalue weighted by molar-refractivity contribution is 4.91. The van der Waals surface area contributed by atoms with E-state index in [4.69, 9.17) is 0 Å². The van der Waals surface area contributed by atoms with Crippen LogP contribution in [0.2, 0.25) is 0 Å². The van der Waals surface area contributed by atoms with E-state index in [0.29, 0.717) is 5.41 Å². The van der Waals surface area contributed by atoms with Crippen molar-refractivity contribution in [2.45, 2.75) is 32.6 Å². The van der Waals surface area contributed by atoms with E-state index in [1.54, 1.807) is 0 Å². The zero-order valence-corrected chi connectivity index (χ0v) is 11.4. The van der Waals surface area contributed by atoms with Gasteiger partial charge in [0, 0.05) is 26.2 Å². The van der Waals surface area contributed by atoms with Crippen molar-refractivity contribution in [2.24, 2.45) is 5.41 Å². The second-order valence-corrected chi connectivity index (χ2v) is 5.30. The monoisotopic (exact) mass is 236 g/mol. The van der Waals surface area contributed by atoms with E-state index in [1.165, 1.54) is 45.3 Å². The average molecular weight is 236 g/mol. The molecule has 0 amide bonds. The van der Waals surface area contributed by atoms with Crippen LogP contribution in [-0.2, 0) is 0 Å². The number of piperidine rings is 1. The predicted octanol–water partition coefficient (Wildman–Crippen LogP) is 2.83. The highest BCUT2D eigenvalue weighted by Crippen LogP contribution is 2.32. The molecule has 0 bridgehead atoms. The van der Waals surface area contributed by atoms with Crippen molar-refractivity contribution >= 4 is 0 Å². The quantitative estimate of drug-likeness (QED) is 0.652. The first kappa shape index (κ1) is 14.5. The van der Waals surface area contributed by atoms with Crippen LogP contribution in [-0.4, -0.2) is 37.6 Å². The molecule has 0 radical (unpaired) electrons. The molecule has 1 rings (SSSR count). The lowest BCUT2D eigenvalue weighted by Crippen LogP contribution is -2.47. The fraction of sp³-hybridized carbons (Fsp3) is 0.733. The predicted molar refractivity (Wildman–Crippen MR) is 76.3 cm³/mol. The fourth-order valence-corrected chi connectivity index (χ4v) is 3.03. The van der Waals surface area contributed by atoms with Gasteiger partial charge in [0.15, 0.2) is 0 Å². The van der Waals surface area contributed by atoms with Gasteiger partial charge in [-0.05, 0) is 31.2 Å². The van der Waals surface area contributed by atoms with Gasteiger partial charge in [0.25, 0.3) is 0 Å². The van der Waals surface area contributed by atoms with Crippen LogP contribution < -0.4 is 5.32 Å². The van der Waals surface area contributed by atoms with Gasteiger partial charge in [0.2, 0.25) is 0 Å². The van der Waals surface area contributed by atoms with Crippen LogP contribution in [0.25, 0.3) is 0 Å². The lowest BCUT2D eigenvalue weighted by molar-refractivity contribution is 0.120. The Morgan fingerprint density at radius 1 is 1.29 bits per heavy atom. The second-order valence-electron chi connectivity index (χ2n) is 5.30. The summed E-state index contributed by atoms with van der Waals surface area (Å²) < 4.78 is 0. The maximum absolute atomic E-state index is 3.85. The van der Waals surface area contributed by atoms with Crippen LogP contribution in [0, 0.1) is 5.41 Å². The minimum absolute atomic E-state index is 0.471. The largest absolute Gasteiger partial charge is 0.316 e. The first-order valence-corrected chi connectivity index (χ1v) is 6.91. The van der Waals surface area contributed by atoms with E-state index in [9.17, 15) is 0 Å². The fourth-order valence-electron chi connectivity index (χ4n) is 3.03. The molecule has 1 N–H and O–H groups in total. The Bertz CT molecular complexity index is 214. The standard InChI is InChI=1S/C15H28N2/c1-4-8-15(9-7-10-16-13-15)14-17(11-5-2)12-6-3/h5-6,16H,2-4,7-14H2,1H3. The van der Waals surface area contributed by atoms with Gasteiger partial charge >= 0.3 is 0 Å². The molecule has 1 heterocycles. The summed E-state index contributed by atoms with van der Waals surface area (Å²) in [6, 6.07) is 0. The second kappa shape index (κ2) is 7.67. The average Bonchev–Trinajstić information content (AvgIpc) is 2.31. The third-order valence-corrected chi connectivity index (χ3v) is 3.67. The molecule has 17 heavy (non-hydrogen) atoms. The van der Waals surface area contributed by atoms with Crippen molar-refractivity contribution in [1.82, 2.24) is 10.2 Å². The van der Waals surface area contributed by atoms with Gasteiger partial charge in [-0.15, -0.1) is 13.2 Å². The van der Waals surface area contributed by atoms with Crippen LogP contribution in [0.5, 0.6) is 0 Å². The number of nitrogens with one attached hydrogen (secondary N) is 1. The van der Waals surface area contributed by atoms with E-state index in [1.807, 2.05) is 12.2 Å². The van der Waals surface area contributed by atoms with Crippen molar-refractivity contribution in [3.63, 3.8) is 0 Å². The van der Waals surface area contributed by atoms with Gasteiger partial charge < -0.3 is 5.32 Å². The van der Waals surface area contributed by atoms with E-state index in [-0.39, 0.29) is 0 Å². The van der Waals surface area contributed by atoms with Gasteiger partial charge in [-0.2, -0.15) is 0 Å². The van der Waals surface area contributed by atoms with Gasteiger partial charge in [0.1, 0.15) is 0 Å². The Morgan fingerprint density at radius 2 is 2.00 bits per heavy atom. The minimum Gasteiger partial charge on any atom is -0.316 e. The first-order valence-electron chi connectivity index (χ1n) is 6.91. The number of hydrogen-bond donors (Lipinski definition) is 1. The van der Waals surface area contributed by atoms with E-state index in [0.717, 1.165) is 13.1 Å². The van der Waals surface area contributed by atoms with Crippen molar-refractivity contribution in [2.75, 3.05) is 32.7 Å². The highest BCUT2D eigenvalue weighted by atomic mass is 15.1. The lowest BCUT2D eigenvalue weighted by Gasteiger charge is -2.41. The van der Waals surface area contributed by atoms with Gasteiger partial charge in [0.05, 0.1) is 0 Å². The summed E-state index contributed by atoms with van der Waals surface area (Å²) >= 11 is 0. The Kier molecular flexibility index (Phi) is 6.53. The molecule has 1 fully saturated rings. The third kappa shape index (κ3) is 4.64. The van der Waals surface area contributed by atoms with Crippen LogP contribution in [0.15, 0.2) is 25.3 Å². The van der Waals surface area contributed by atoms with Crippen molar-refractivity contribution in [3.8, 4) is 0 Å². The minimum atomic E-state index is 0.471. The van der Waals surface area contributed by atoms with E-state index < -0.39 is 0 Å². The Hall–Kier alpha value is -0.600. The molecule has 0 aromatic rings. The van der Waals surface area contributed by atoms with Crippen molar-refractivity contribution in [3.05, 3.63) is 25.3 Å². The summed E-state index contributed by atoms with van der Waals surface area (Å²) in [7, 11) is 0. The van der Waals surface area contributed by atoms with Crippen molar-refractivity contribution < 1.29 is 0 Å². The molecule has 98 valence electrons. The van der Waals surface area contributed by atoms with Crippen molar-refractivity contribution in [1.29, 1.82) is 0 Å². The highest BCUT2D eigenvalue weighted by Gasteiger charge is 2.32. The number of rotatable bonds is 8. The lowest BCUT2D eigenvalue weighted by atomic mass is 9.76. The zero-order valence-electron chi connectivity index (χ0n) is 11.4. The smallest absolute Gasteiger partial charge is 0.0164 e. The molecule has 0 aliphatic carbocycles. The van der Waals surface area contributed by atoms with Crippen LogP contribution in [0.1, 0.15) is 32.6 Å². The van der Waals surface area contributed by atoms with Gasteiger partial charge in [-0.25, -0.2) is 0 Å². The molecule has 1 unspecified atom stereocenters. The molecule has 0 aromatic carbocycles. The van der Waals surface area contributed by atoms with Crippen LogP contribution in [0.3, 0.4) is 0 Å². The molecular weight excluding hydrogens is 208 g/mol. The molecule has 1 atom stereocenters. The van der Waals surface area contributed by atoms with Gasteiger partial charge in [-0.1, -0.05) is 25.5 Å². The van der Waals surface area contributed by atoms with Crippen LogP contribution in [0.4, 0.5) is 0 Å². The molecule has 2 nitrogen and oxygen atoms in total. The molecule has 0 saturated carbocycles. The third-order valence-electron chi connectivity index (χ3n) is 3.67. The maximum atomic E-state index is 3.85. The summed E-state index contributed by atoms with van der Waals surface area (Å²) in [5.74, 6) is 0. The summed E-state index contributed by atoms with van der Waals surface area (Å²) in [6.45, 7) is 15.5. The normalized spacial score (nSPS) is 24.8. The molecule has 1 aliphatic heterocycles. The molecule has 1 aliphatic rings. The topological polar surface area (TPSA) is 15.3 Å². The zero-order chi connectivity index (χ0) is 12.6. The molecular formula is C15H28N2. The molecule has 1 saturated heterocycles.